The summed E-state index contributed by atoms with van der Waals surface area (Å²) in [5.74, 6) is 4.99. The van der Waals surface area contributed by atoms with Crippen LogP contribution in [0.25, 0.3) is 0 Å². The lowest BCUT2D eigenvalue weighted by Crippen LogP contribution is -2.51. The number of hydrogen-bond acceptors (Lipinski definition) is 2. The highest BCUT2D eigenvalue weighted by molar-refractivity contribution is 6.29. The molecule has 0 radical (unpaired) electrons. The van der Waals surface area contributed by atoms with Crippen LogP contribution in [-0.4, -0.2) is 17.5 Å². The van der Waals surface area contributed by atoms with Gasteiger partial charge in [-0.1, -0.05) is 91.7 Å². The number of allylic oxidation sites excluding steroid dienone is 1. The average molecular weight is 533 g/mol. The van der Waals surface area contributed by atoms with Gasteiger partial charge in [-0.05, 0) is 97.7 Å². The molecule has 0 aromatic carbocycles. The second-order valence-corrected chi connectivity index (χ2v) is 15.1. The molecule has 0 amide bonds. The topological polar surface area (TPSA) is 26.3 Å². The smallest absolute Gasteiger partial charge is 0.324 e. The molecule has 3 heteroatoms. The Hall–Kier alpha value is -0.500. The van der Waals surface area contributed by atoms with Gasteiger partial charge in [-0.15, -0.1) is 11.6 Å². The van der Waals surface area contributed by atoms with E-state index in [-0.39, 0.29) is 12.1 Å². The highest BCUT2D eigenvalue weighted by Gasteiger charge is 2.59. The first-order valence-electron chi connectivity index (χ1n) is 16.1. The molecule has 0 aromatic heterocycles. The van der Waals surface area contributed by atoms with E-state index in [0.717, 1.165) is 74.0 Å². The summed E-state index contributed by atoms with van der Waals surface area (Å²) in [6.45, 7) is 14.7. The van der Waals surface area contributed by atoms with E-state index >= 15 is 0 Å². The van der Waals surface area contributed by atoms with E-state index in [1.54, 1.807) is 5.57 Å². The van der Waals surface area contributed by atoms with Crippen molar-refractivity contribution in [2.75, 3.05) is 0 Å². The number of esters is 1. The SMILES string of the molecule is CCCCC[C@@H](Cl)C(=O)O[C@H]1CC[C@@]2(C)C(=CC[C@H]3[C@@H]4CC[C@H]([C@@H](C)CCCC(C)C)[C@@]4(C)CC[C@@H]32)C1. The monoisotopic (exact) mass is 532 g/mol. The molecule has 0 aromatic rings. The van der Waals surface area contributed by atoms with Gasteiger partial charge in [0.2, 0.25) is 0 Å². The van der Waals surface area contributed by atoms with Gasteiger partial charge in [0.1, 0.15) is 11.5 Å². The van der Waals surface area contributed by atoms with Gasteiger partial charge in [0, 0.05) is 6.42 Å². The van der Waals surface area contributed by atoms with Crippen molar-refractivity contribution >= 4 is 17.6 Å². The Kier molecular flexibility index (Phi) is 9.84. The van der Waals surface area contributed by atoms with Crippen molar-refractivity contribution in [1.29, 1.82) is 0 Å². The first-order chi connectivity index (χ1) is 17.6. The van der Waals surface area contributed by atoms with Crippen molar-refractivity contribution in [2.45, 2.75) is 149 Å². The summed E-state index contributed by atoms with van der Waals surface area (Å²) in [7, 11) is 0. The zero-order chi connectivity index (χ0) is 26.8. The van der Waals surface area contributed by atoms with Crippen molar-refractivity contribution in [3.8, 4) is 0 Å². The Balaban J connectivity index is 1.38. The Bertz CT molecular complexity index is 804. The number of rotatable bonds is 11. The summed E-state index contributed by atoms with van der Waals surface area (Å²) in [5, 5.41) is -0.483. The molecule has 37 heavy (non-hydrogen) atoms. The highest BCUT2D eigenvalue weighted by Crippen LogP contribution is 2.67. The van der Waals surface area contributed by atoms with Gasteiger partial charge in [0.15, 0.2) is 0 Å². The average Bonchev–Trinajstić information content (AvgIpc) is 3.21. The molecule has 0 aliphatic heterocycles. The fraction of sp³-hybridized carbons (Fsp3) is 0.912. The standard InChI is InChI=1S/C34H57ClO2/c1-7-8-9-13-31(35)32(36)37-26-18-20-33(5)25(22-26)14-15-27-29-17-16-28(24(4)12-10-11-23(2)3)34(29,6)21-19-30(27)33/h14,23-24,26-31H,7-13,15-22H2,1-6H3/t24-,26-,27-,28+,29-,30-,31+,33-,34+/m0/s1. The van der Waals surface area contributed by atoms with Gasteiger partial charge in [0.05, 0.1) is 0 Å². The second-order valence-electron chi connectivity index (χ2n) is 14.6. The molecule has 9 atom stereocenters. The summed E-state index contributed by atoms with van der Waals surface area (Å²) in [4.78, 5) is 12.6. The summed E-state index contributed by atoms with van der Waals surface area (Å²) in [6, 6.07) is 0. The molecular weight excluding hydrogens is 476 g/mol. The minimum Gasteiger partial charge on any atom is -0.461 e. The van der Waals surface area contributed by atoms with Crippen molar-refractivity contribution in [3.05, 3.63) is 11.6 Å². The maximum atomic E-state index is 12.6. The third-order valence-corrected chi connectivity index (χ3v) is 12.3. The van der Waals surface area contributed by atoms with E-state index in [9.17, 15) is 4.79 Å². The van der Waals surface area contributed by atoms with Gasteiger partial charge in [0.25, 0.3) is 0 Å². The summed E-state index contributed by atoms with van der Waals surface area (Å²) < 4.78 is 5.97. The molecule has 0 saturated heterocycles. The minimum atomic E-state index is -0.483. The van der Waals surface area contributed by atoms with Crippen molar-refractivity contribution in [1.82, 2.24) is 0 Å². The fourth-order valence-corrected chi connectivity index (χ4v) is 9.89. The van der Waals surface area contributed by atoms with Crippen LogP contribution in [0.1, 0.15) is 138 Å². The Morgan fingerprint density at radius 1 is 1.00 bits per heavy atom. The van der Waals surface area contributed by atoms with Crippen LogP contribution in [0.3, 0.4) is 0 Å². The Morgan fingerprint density at radius 3 is 2.51 bits per heavy atom. The van der Waals surface area contributed by atoms with Crippen molar-refractivity contribution in [2.24, 2.45) is 46.3 Å². The molecule has 0 bridgehead atoms. The maximum Gasteiger partial charge on any atom is 0.324 e. The van der Waals surface area contributed by atoms with Crippen LogP contribution in [0.2, 0.25) is 0 Å². The third kappa shape index (κ3) is 6.15. The number of carbonyl (C=O) groups is 1. The van der Waals surface area contributed by atoms with Gasteiger partial charge in [-0.3, -0.25) is 4.79 Å². The third-order valence-electron chi connectivity index (χ3n) is 11.9. The lowest BCUT2D eigenvalue weighted by atomic mass is 9.47. The van der Waals surface area contributed by atoms with Gasteiger partial charge in [-0.25, -0.2) is 0 Å². The van der Waals surface area contributed by atoms with Crippen LogP contribution in [0.5, 0.6) is 0 Å². The molecule has 0 heterocycles. The van der Waals surface area contributed by atoms with Gasteiger partial charge < -0.3 is 4.74 Å². The zero-order valence-electron chi connectivity index (χ0n) is 25.0. The largest absolute Gasteiger partial charge is 0.461 e. The molecule has 0 N–H and O–H groups in total. The zero-order valence-corrected chi connectivity index (χ0v) is 25.8. The number of carbonyl (C=O) groups excluding carboxylic acids is 1. The molecule has 0 spiro atoms. The number of unbranched alkanes of at least 4 members (excludes halogenated alkanes) is 2. The molecule has 212 valence electrons. The van der Waals surface area contributed by atoms with Crippen LogP contribution in [0.4, 0.5) is 0 Å². The fourth-order valence-electron chi connectivity index (χ4n) is 9.68. The predicted molar refractivity (Wildman–Crippen MR) is 157 cm³/mol. The van der Waals surface area contributed by atoms with E-state index in [2.05, 4.69) is 47.6 Å². The van der Waals surface area contributed by atoms with E-state index < -0.39 is 5.38 Å². The number of hydrogen-bond donors (Lipinski definition) is 0. The minimum absolute atomic E-state index is 0.0206. The van der Waals surface area contributed by atoms with E-state index in [4.69, 9.17) is 16.3 Å². The molecular formula is C34H57ClO2. The number of halogens is 1. The highest BCUT2D eigenvalue weighted by atomic mass is 35.5. The molecule has 4 aliphatic carbocycles. The van der Waals surface area contributed by atoms with Crippen LogP contribution >= 0.6 is 11.6 Å². The first-order valence-corrected chi connectivity index (χ1v) is 16.6. The van der Waals surface area contributed by atoms with Crippen molar-refractivity contribution < 1.29 is 9.53 Å². The van der Waals surface area contributed by atoms with E-state index in [1.165, 1.54) is 57.8 Å². The van der Waals surface area contributed by atoms with E-state index in [0.29, 0.717) is 10.8 Å². The lowest BCUT2D eigenvalue weighted by Gasteiger charge is -2.58. The quantitative estimate of drug-likeness (QED) is 0.114. The number of alkyl halides is 1. The lowest BCUT2D eigenvalue weighted by molar-refractivity contribution is -0.151. The molecule has 4 rings (SSSR count). The normalized spacial score (nSPS) is 38.8. The van der Waals surface area contributed by atoms with Crippen LogP contribution in [-0.2, 0) is 9.53 Å². The van der Waals surface area contributed by atoms with Crippen molar-refractivity contribution in [3.63, 3.8) is 0 Å². The molecule has 4 aliphatic rings. The predicted octanol–water partition coefficient (Wildman–Crippen LogP) is 10.1. The number of fused-ring (bicyclic) bond motifs is 5. The Labute approximate surface area is 234 Å². The maximum absolute atomic E-state index is 12.6. The molecule has 3 fully saturated rings. The summed E-state index contributed by atoms with van der Waals surface area (Å²) in [5.41, 5.74) is 2.44. The van der Waals surface area contributed by atoms with Crippen LogP contribution in [0, 0.1) is 46.3 Å². The second kappa shape index (κ2) is 12.3. The summed E-state index contributed by atoms with van der Waals surface area (Å²) >= 11 is 6.39. The molecule has 2 nitrogen and oxygen atoms in total. The van der Waals surface area contributed by atoms with Crippen LogP contribution in [0.15, 0.2) is 11.6 Å². The summed E-state index contributed by atoms with van der Waals surface area (Å²) in [6.07, 6.45) is 20.9. The van der Waals surface area contributed by atoms with Gasteiger partial charge >= 0.3 is 5.97 Å². The number of ether oxygens (including phenoxy) is 1. The Morgan fingerprint density at radius 2 is 1.78 bits per heavy atom. The van der Waals surface area contributed by atoms with Gasteiger partial charge in [-0.2, -0.15) is 0 Å². The first kappa shape index (κ1) is 29.5. The molecule has 3 saturated carbocycles. The molecule has 0 unspecified atom stereocenters. The van der Waals surface area contributed by atoms with Crippen LogP contribution < -0.4 is 0 Å². The van der Waals surface area contributed by atoms with E-state index in [1.807, 2.05) is 0 Å².